The van der Waals surface area contributed by atoms with E-state index in [1.165, 1.54) is 0 Å². The van der Waals surface area contributed by atoms with E-state index in [0.717, 1.165) is 6.42 Å². The summed E-state index contributed by atoms with van der Waals surface area (Å²) >= 11 is 5.98. The molecule has 0 aliphatic heterocycles. The van der Waals surface area contributed by atoms with E-state index in [9.17, 15) is 4.79 Å². The lowest BCUT2D eigenvalue weighted by Crippen LogP contribution is -2.06. The molecule has 0 heterocycles. The average molecular weight is 290 g/mol. The predicted octanol–water partition coefficient (Wildman–Crippen LogP) is 3.94. The molecule has 0 radical (unpaired) electrons. The minimum atomic E-state index is -0.126. The highest BCUT2D eigenvalue weighted by Crippen LogP contribution is 2.26. The molecule has 20 heavy (non-hydrogen) atoms. The monoisotopic (exact) mass is 289 g/mol. The van der Waals surface area contributed by atoms with Gasteiger partial charge in [0.2, 0.25) is 0 Å². The van der Waals surface area contributed by atoms with Gasteiger partial charge in [0.25, 0.3) is 0 Å². The molecule has 0 aromatic heterocycles. The van der Waals surface area contributed by atoms with Crippen LogP contribution in [0.25, 0.3) is 0 Å². The Morgan fingerprint density at radius 2 is 1.90 bits per heavy atom. The van der Waals surface area contributed by atoms with Crippen molar-refractivity contribution in [3.05, 3.63) is 58.6 Å². The number of anilines is 1. The standard InChI is InChI=1S/C16H16ClNO2/c1-2-9-20-15-8-5-12(17)10-14(15)16(19)11-3-6-13(18)7-4-11/h3-8,10H,2,9,18H2,1H3. The van der Waals surface area contributed by atoms with Gasteiger partial charge in [-0.15, -0.1) is 0 Å². The van der Waals surface area contributed by atoms with E-state index in [4.69, 9.17) is 22.1 Å². The second kappa shape index (κ2) is 6.44. The molecule has 0 amide bonds. The van der Waals surface area contributed by atoms with E-state index in [0.29, 0.717) is 34.2 Å². The van der Waals surface area contributed by atoms with Crippen LogP contribution in [0.5, 0.6) is 5.75 Å². The Hall–Kier alpha value is -2.00. The van der Waals surface area contributed by atoms with Crippen LogP contribution in [0.1, 0.15) is 29.3 Å². The molecule has 2 aromatic rings. The average Bonchev–Trinajstić information content (AvgIpc) is 2.46. The molecule has 0 bridgehead atoms. The quantitative estimate of drug-likeness (QED) is 0.670. The third kappa shape index (κ3) is 3.31. The van der Waals surface area contributed by atoms with Crippen molar-refractivity contribution in [3.63, 3.8) is 0 Å². The second-order valence-corrected chi connectivity index (χ2v) is 4.88. The fraction of sp³-hybridized carbons (Fsp3) is 0.188. The van der Waals surface area contributed by atoms with Crippen molar-refractivity contribution in [2.45, 2.75) is 13.3 Å². The first-order chi connectivity index (χ1) is 9.61. The van der Waals surface area contributed by atoms with Crippen molar-refractivity contribution in [2.24, 2.45) is 0 Å². The van der Waals surface area contributed by atoms with Crippen molar-refractivity contribution in [2.75, 3.05) is 12.3 Å². The number of benzene rings is 2. The van der Waals surface area contributed by atoms with Gasteiger partial charge in [0.1, 0.15) is 5.75 Å². The zero-order valence-corrected chi connectivity index (χ0v) is 12.0. The number of ketones is 1. The molecule has 0 fully saturated rings. The number of carbonyl (C=O) groups excluding carboxylic acids is 1. The van der Waals surface area contributed by atoms with E-state index in [-0.39, 0.29) is 5.78 Å². The zero-order valence-electron chi connectivity index (χ0n) is 11.2. The first-order valence-corrected chi connectivity index (χ1v) is 6.82. The van der Waals surface area contributed by atoms with Crippen LogP contribution >= 0.6 is 11.6 Å². The Morgan fingerprint density at radius 3 is 2.55 bits per heavy atom. The van der Waals surface area contributed by atoms with Crippen molar-refractivity contribution in [3.8, 4) is 5.75 Å². The van der Waals surface area contributed by atoms with E-state index < -0.39 is 0 Å². The van der Waals surface area contributed by atoms with Crippen LogP contribution in [0, 0.1) is 0 Å². The van der Waals surface area contributed by atoms with Gasteiger partial charge < -0.3 is 10.5 Å². The van der Waals surface area contributed by atoms with Crippen molar-refractivity contribution in [1.29, 1.82) is 0 Å². The molecule has 2 N–H and O–H groups in total. The van der Waals surface area contributed by atoms with Gasteiger partial charge in [0.05, 0.1) is 12.2 Å². The molecule has 0 unspecified atom stereocenters. The number of rotatable bonds is 5. The van der Waals surface area contributed by atoms with E-state index in [1.54, 1.807) is 42.5 Å². The van der Waals surface area contributed by atoms with Crippen LogP contribution in [0.15, 0.2) is 42.5 Å². The maximum absolute atomic E-state index is 12.5. The predicted molar refractivity (Wildman–Crippen MR) is 81.5 cm³/mol. The minimum Gasteiger partial charge on any atom is -0.493 e. The molecule has 4 heteroatoms. The first-order valence-electron chi connectivity index (χ1n) is 6.44. The maximum atomic E-state index is 12.5. The lowest BCUT2D eigenvalue weighted by atomic mass is 10.0. The summed E-state index contributed by atoms with van der Waals surface area (Å²) in [5, 5.41) is 0.507. The Morgan fingerprint density at radius 1 is 1.20 bits per heavy atom. The SMILES string of the molecule is CCCOc1ccc(Cl)cc1C(=O)c1ccc(N)cc1. The smallest absolute Gasteiger partial charge is 0.196 e. The molecule has 2 rings (SSSR count). The lowest BCUT2D eigenvalue weighted by Gasteiger charge is -2.11. The molecule has 0 spiro atoms. The molecule has 0 atom stereocenters. The Bertz CT molecular complexity index is 608. The van der Waals surface area contributed by atoms with Crippen molar-refractivity contribution in [1.82, 2.24) is 0 Å². The van der Waals surface area contributed by atoms with E-state index >= 15 is 0 Å². The summed E-state index contributed by atoms with van der Waals surface area (Å²) in [5.74, 6) is 0.427. The van der Waals surface area contributed by atoms with Crippen LogP contribution in [0.4, 0.5) is 5.69 Å². The first kappa shape index (κ1) is 14.4. The van der Waals surface area contributed by atoms with Gasteiger partial charge in [0, 0.05) is 16.3 Å². The van der Waals surface area contributed by atoms with Crippen LogP contribution in [-0.4, -0.2) is 12.4 Å². The van der Waals surface area contributed by atoms with Gasteiger partial charge in [0.15, 0.2) is 5.78 Å². The third-order valence-electron chi connectivity index (χ3n) is 2.82. The summed E-state index contributed by atoms with van der Waals surface area (Å²) < 4.78 is 5.60. The minimum absolute atomic E-state index is 0.126. The van der Waals surface area contributed by atoms with Gasteiger partial charge in [-0.25, -0.2) is 0 Å². The Labute approximate surface area is 123 Å². The lowest BCUT2D eigenvalue weighted by molar-refractivity contribution is 0.103. The number of hydrogen-bond acceptors (Lipinski definition) is 3. The van der Waals surface area contributed by atoms with Gasteiger partial charge in [-0.2, -0.15) is 0 Å². The highest BCUT2D eigenvalue weighted by molar-refractivity contribution is 6.31. The van der Waals surface area contributed by atoms with Gasteiger partial charge >= 0.3 is 0 Å². The van der Waals surface area contributed by atoms with Crippen LogP contribution in [0.3, 0.4) is 0 Å². The highest BCUT2D eigenvalue weighted by Gasteiger charge is 2.15. The molecule has 0 saturated heterocycles. The number of hydrogen-bond donors (Lipinski definition) is 1. The van der Waals surface area contributed by atoms with Crippen molar-refractivity contribution < 1.29 is 9.53 Å². The number of ether oxygens (including phenoxy) is 1. The molecule has 0 aliphatic carbocycles. The molecule has 0 saturated carbocycles. The van der Waals surface area contributed by atoms with Crippen LogP contribution in [0.2, 0.25) is 5.02 Å². The van der Waals surface area contributed by atoms with E-state index in [2.05, 4.69) is 0 Å². The van der Waals surface area contributed by atoms with Crippen LogP contribution < -0.4 is 10.5 Å². The summed E-state index contributed by atoms with van der Waals surface area (Å²) in [5.41, 5.74) is 7.28. The Balaban J connectivity index is 2.37. The molecular weight excluding hydrogens is 274 g/mol. The van der Waals surface area contributed by atoms with Crippen molar-refractivity contribution >= 4 is 23.1 Å². The zero-order chi connectivity index (χ0) is 14.5. The van der Waals surface area contributed by atoms with Gasteiger partial charge in [-0.3, -0.25) is 4.79 Å². The fourth-order valence-electron chi connectivity index (χ4n) is 1.81. The van der Waals surface area contributed by atoms with E-state index in [1.807, 2.05) is 6.92 Å². The largest absolute Gasteiger partial charge is 0.493 e. The number of halogens is 1. The van der Waals surface area contributed by atoms with Crippen LogP contribution in [-0.2, 0) is 0 Å². The molecular formula is C16H16ClNO2. The summed E-state index contributed by atoms with van der Waals surface area (Å²) in [6.07, 6.45) is 0.873. The molecule has 104 valence electrons. The molecule has 2 aromatic carbocycles. The fourth-order valence-corrected chi connectivity index (χ4v) is 1.98. The third-order valence-corrected chi connectivity index (χ3v) is 3.06. The summed E-state index contributed by atoms with van der Waals surface area (Å²) in [6.45, 7) is 2.57. The topological polar surface area (TPSA) is 52.3 Å². The summed E-state index contributed by atoms with van der Waals surface area (Å²) in [6, 6.07) is 11.9. The molecule has 3 nitrogen and oxygen atoms in total. The normalized spacial score (nSPS) is 10.3. The maximum Gasteiger partial charge on any atom is 0.196 e. The summed E-state index contributed by atoms with van der Waals surface area (Å²) in [4.78, 5) is 12.5. The van der Waals surface area contributed by atoms with Gasteiger partial charge in [-0.1, -0.05) is 18.5 Å². The number of nitrogen functional groups attached to an aromatic ring is 1. The molecule has 0 aliphatic rings. The Kier molecular flexibility index (Phi) is 4.64. The number of carbonyl (C=O) groups is 1. The van der Waals surface area contributed by atoms with Gasteiger partial charge in [-0.05, 0) is 48.9 Å². The second-order valence-electron chi connectivity index (χ2n) is 4.44. The highest BCUT2D eigenvalue weighted by atomic mass is 35.5. The summed E-state index contributed by atoms with van der Waals surface area (Å²) in [7, 11) is 0. The number of nitrogens with two attached hydrogens (primary N) is 1.